The number of carbonyl (C=O) groups excluding carboxylic acids is 2. The van der Waals surface area contributed by atoms with Crippen molar-refractivity contribution in [3.8, 4) is 0 Å². The van der Waals surface area contributed by atoms with Gasteiger partial charge in [-0.1, -0.05) is 29.8 Å². The van der Waals surface area contributed by atoms with Gasteiger partial charge in [0.15, 0.2) is 11.8 Å². The van der Waals surface area contributed by atoms with Crippen molar-refractivity contribution >= 4 is 29.4 Å². The van der Waals surface area contributed by atoms with Gasteiger partial charge < -0.3 is 20.4 Å². The number of aromatic amines is 1. The lowest BCUT2D eigenvalue weighted by molar-refractivity contribution is -0.148. The molecule has 0 radical (unpaired) electrons. The Balaban J connectivity index is 2.19. The van der Waals surface area contributed by atoms with Crippen LogP contribution in [-0.4, -0.2) is 69.3 Å². The summed E-state index contributed by atoms with van der Waals surface area (Å²) >= 11 is 6.07. The highest BCUT2D eigenvalue weighted by molar-refractivity contribution is 6.31. The number of carbonyl (C=O) groups is 3. The third-order valence-electron chi connectivity index (χ3n) is 3.80. The van der Waals surface area contributed by atoms with Gasteiger partial charge in [0.25, 0.3) is 11.8 Å². The van der Waals surface area contributed by atoms with Crippen molar-refractivity contribution in [3.05, 3.63) is 52.3 Å². The number of amides is 2. The summed E-state index contributed by atoms with van der Waals surface area (Å²) in [4.78, 5) is 36.8. The Morgan fingerprint density at radius 1 is 1.30 bits per heavy atom. The van der Waals surface area contributed by atoms with Crippen molar-refractivity contribution < 1.29 is 24.6 Å². The van der Waals surface area contributed by atoms with Crippen LogP contribution in [0.25, 0.3) is 0 Å². The summed E-state index contributed by atoms with van der Waals surface area (Å²) in [5.74, 6) is -2.60. The standard InChI is InChI=1S/C17H19ClN4O5/c1-22(2)16(25)13-8-12(20-21-13)15(24)19-11(14(23)17(26)27)7-9-5-3-4-6-10(9)18/h3-6,8,11,14,23H,7H2,1-2H3,(H,19,24)(H,20,21)(H,26,27)/t11-,14-/m1/s1. The minimum absolute atomic E-state index is 0.00715. The molecule has 1 aromatic heterocycles. The molecule has 0 fully saturated rings. The maximum Gasteiger partial charge on any atom is 0.334 e. The summed E-state index contributed by atoms with van der Waals surface area (Å²) in [5.41, 5.74) is 0.559. The fraction of sp³-hybridized carbons (Fsp3) is 0.294. The van der Waals surface area contributed by atoms with Crippen molar-refractivity contribution in [2.24, 2.45) is 0 Å². The first kappa shape index (κ1) is 20.4. The second kappa shape index (κ2) is 8.65. The highest BCUT2D eigenvalue weighted by Gasteiger charge is 2.29. The normalized spacial score (nSPS) is 12.9. The Morgan fingerprint density at radius 2 is 1.96 bits per heavy atom. The number of aromatic nitrogens is 2. The van der Waals surface area contributed by atoms with Crippen LogP contribution in [0.1, 0.15) is 26.5 Å². The largest absolute Gasteiger partial charge is 0.479 e. The van der Waals surface area contributed by atoms with Gasteiger partial charge in [0.2, 0.25) is 0 Å². The fourth-order valence-electron chi connectivity index (χ4n) is 2.35. The van der Waals surface area contributed by atoms with Crippen LogP contribution in [0.15, 0.2) is 30.3 Å². The van der Waals surface area contributed by atoms with Crippen molar-refractivity contribution in [2.75, 3.05) is 14.1 Å². The number of aliphatic hydroxyl groups excluding tert-OH is 1. The number of carboxylic acids is 1. The minimum atomic E-state index is -1.85. The Bertz CT molecular complexity index is 851. The summed E-state index contributed by atoms with van der Waals surface area (Å²) in [6, 6.07) is 6.80. The van der Waals surface area contributed by atoms with Crippen molar-refractivity contribution in [1.82, 2.24) is 20.4 Å². The molecule has 0 saturated carbocycles. The van der Waals surface area contributed by atoms with Crippen LogP contribution in [0.3, 0.4) is 0 Å². The molecule has 4 N–H and O–H groups in total. The minimum Gasteiger partial charge on any atom is -0.479 e. The molecule has 0 bridgehead atoms. The van der Waals surface area contributed by atoms with Crippen LogP contribution >= 0.6 is 11.6 Å². The van der Waals surface area contributed by atoms with Crippen LogP contribution in [-0.2, 0) is 11.2 Å². The zero-order valence-corrected chi connectivity index (χ0v) is 15.4. The fourth-order valence-corrected chi connectivity index (χ4v) is 2.56. The molecule has 0 unspecified atom stereocenters. The maximum atomic E-state index is 12.4. The van der Waals surface area contributed by atoms with Gasteiger partial charge in [-0.25, -0.2) is 4.79 Å². The Labute approximate surface area is 159 Å². The first-order valence-corrected chi connectivity index (χ1v) is 8.30. The molecule has 2 amide bonds. The molecule has 1 aromatic carbocycles. The maximum absolute atomic E-state index is 12.4. The monoisotopic (exact) mass is 394 g/mol. The number of aliphatic carboxylic acids is 1. The summed E-state index contributed by atoms with van der Waals surface area (Å²) in [7, 11) is 3.09. The quantitative estimate of drug-likeness (QED) is 0.541. The van der Waals surface area contributed by atoms with Gasteiger partial charge in [-0.05, 0) is 18.1 Å². The van der Waals surface area contributed by atoms with Crippen LogP contribution in [0.5, 0.6) is 0 Å². The van der Waals surface area contributed by atoms with Crippen LogP contribution in [0.4, 0.5) is 0 Å². The third-order valence-corrected chi connectivity index (χ3v) is 4.16. The number of benzene rings is 1. The Morgan fingerprint density at radius 3 is 2.56 bits per heavy atom. The second-order valence-electron chi connectivity index (χ2n) is 6.03. The number of hydrogen-bond donors (Lipinski definition) is 4. The summed E-state index contributed by atoms with van der Waals surface area (Å²) in [5, 5.41) is 28.1. The molecular formula is C17H19ClN4O5. The smallest absolute Gasteiger partial charge is 0.334 e. The van der Waals surface area contributed by atoms with E-state index in [1.807, 2.05) is 0 Å². The number of rotatable bonds is 7. The third kappa shape index (κ3) is 5.05. The molecular weight excluding hydrogens is 376 g/mol. The number of nitrogens with one attached hydrogen (secondary N) is 2. The number of carboxylic acid groups (broad SMARTS) is 1. The SMILES string of the molecule is CN(C)C(=O)c1cc(C(=O)N[C@H](Cc2ccccc2Cl)[C@@H](O)C(=O)O)n[nH]1. The summed E-state index contributed by atoms with van der Waals surface area (Å²) < 4.78 is 0. The van der Waals surface area contributed by atoms with E-state index < -0.39 is 24.0 Å². The van der Waals surface area contributed by atoms with E-state index in [0.717, 1.165) is 0 Å². The van der Waals surface area contributed by atoms with E-state index in [0.29, 0.717) is 10.6 Å². The van der Waals surface area contributed by atoms with E-state index in [4.69, 9.17) is 16.7 Å². The summed E-state index contributed by atoms with van der Waals surface area (Å²) in [6.07, 6.45) is -1.86. The number of aliphatic hydroxyl groups is 1. The molecule has 1 heterocycles. The predicted molar refractivity (Wildman–Crippen MR) is 96.7 cm³/mol. The lowest BCUT2D eigenvalue weighted by atomic mass is 10.0. The van der Waals surface area contributed by atoms with Gasteiger partial charge >= 0.3 is 5.97 Å². The Hall–Kier alpha value is -2.91. The van der Waals surface area contributed by atoms with Crippen LogP contribution < -0.4 is 5.32 Å². The van der Waals surface area contributed by atoms with Gasteiger partial charge in [-0.15, -0.1) is 0 Å². The van der Waals surface area contributed by atoms with Gasteiger partial charge in [0.1, 0.15) is 5.69 Å². The molecule has 144 valence electrons. The highest BCUT2D eigenvalue weighted by Crippen LogP contribution is 2.18. The topological polar surface area (TPSA) is 136 Å². The molecule has 2 rings (SSSR count). The van der Waals surface area contributed by atoms with Gasteiger partial charge in [0.05, 0.1) is 6.04 Å². The number of nitrogens with zero attached hydrogens (tertiary/aromatic N) is 2. The molecule has 27 heavy (non-hydrogen) atoms. The molecule has 0 aliphatic heterocycles. The number of halogens is 1. The first-order valence-electron chi connectivity index (χ1n) is 7.93. The van der Waals surface area contributed by atoms with E-state index in [1.54, 1.807) is 38.4 Å². The van der Waals surface area contributed by atoms with Crippen molar-refractivity contribution in [2.45, 2.75) is 18.6 Å². The Kier molecular flexibility index (Phi) is 6.54. The predicted octanol–water partition coefficient (Wildman–Crippen LogP) is 0.551. The molecule has 2 aromatic rings. The molecule has 2 atom stereocenters. The summed E-state index contributed by atoms with van der Waals surface area (Å²) in [6.45, 7) is 0. The molecule has 0 saturated heterocycles. The zero-order valence-electron chi connectivity index (χ0n) is 14.6. The first-order chi connectivity index (χ1) is 12.7. The number of H-pyrrole nitrogens is 1. The van der Waals surface area contributed by atoms with Crippen molar-refractivity contribution in [3.63, 3.8) is 0 Å². The lowest BCUT2D eigenvalue weighted by Crippen LogP contribution is -2.48. The molecule has 0 spiro atoms. The highest BCUT2D eigenvalue weighted by atomic mass is 35.5. The van der Waals surface area contributed by atoms with Gasteiger partial charge in [-0.2, -0.15) is 5.10 Å². The molecule has 0 aliphatic carbocycles. The van der Waals surface area contributed by atoms with Crippen LogP contribution in [0, 0.1) is 0 Å². The van der Waals surface area contributed by atoms with E-state index in [-0.39, 0.29) is 23.7 Å². The molecule has 9 nitrogen and oxygen atoms in total. The van der Waals surface area contributed by atoms with Crippen LogP contribution in [0.2, 0.25) is 5.02 Å². The number of hydrogen-bond acceptors (Lipinski definition) is 5. The lowest BCUT2D eigenvalue weighted by Gasteiger charge is -2.21. The van der Waals surface area contributed by atoms with E-state index in [1.165, 1.54) is 11.0 Å². The molecule has 0 aliphatic rings. The molecule has 10 heteroatoms. The van der Waals surface area contributed by atoms with Gasteiger partial charge in [0, 0.05) is 25.2 Å². The zero-order chi connectivity index (χ0) is 20.1. The van der Waals surface area contributed by atoms with Crippen molar-refractivity contribution in [1.29, 1.82) is 0 Å². The second-order valence-corrected chi connectivity index (χ2v) is 6.43. The van der Waals surface area contributed by atoms with E-state index in [2.05, 4.69) is 15.5 Å². The average Bonchev–Trinajstić information content (AvgIpc) is 3.11. The van der Waals surface area contributed by atoms with E-state index >= 15 is 0 Å². The van der Waals surface area contributed by atoms with E-state index in [9.17, 15) is 19.5 Å². The average molecular weight is 395 g/mol. The van der Waals surface area contributed by atoms with Gasteiger partial charge in [-0.3, -0.25) is 14.7 Å².